The van der Waals surface area contributed by atoms with Crippen LogP contribution in [0.5, 0.6) is 0 Å². The van der Waals surface area contributed by atoms with E-state index in [0.717, 1.165) is 30.6 Å². The van der Waals surface area contributed by atoms with Crippen molar-refractivity contribution in [3.8, 4) is 0 Å². The molecule has 0 bridgehead atoms. The van der Waals surface area contributed by atoms with Crippen molar-refractivity contribution in [2.24, 2.45) is 0 Å². The molecule has 2 heterocycles. The number of likely N-dealkylation sites (tertiary alicyclic amines) is 1. The lowest BCUT2D eigenvalue weighted by Gasteiger charge is -2.28. The van der Waals surface area contributed by atoms with E-state index >= 15 is 0 Å². The lowest BCUT2D eigenvalue weighted by Crippen LogP contribution is -2.29. The summed E-state index contributed by atoms with van der Waals surface area (Å²) in [5.41, 5.74) is 5.72. The number of piperidine rings is 1. The highest BCUT2D eigenvalue weighted by atomic mass is 16.1. The molecule has 0 atom stereocenters. The van der Waals surface area contributed by atoms with E-state index in [1.54, 1.807) is 0 Å². The Kier molecular flexibility index (Phi) is 5.13. The number of benzene rings is 2. The lowest BCUT2D eigenvalue weighted by atomic mass is 9.89. The molecule has 3 aromatic rings. The van der Waals surface area contributed by atoms with Gasteiger partial charge in [0, 0.05) is 29.1 Å². The minimum atomic E-state index is 0.195. The summed E-state index contributed by atoms with van der Waals surface area (Å²) in [6.07, 6.45) is 6.00. The number of fused-ring (bicyclic) bond motifs is 1. The molecule has 1 saturated heterocycles. The summed E-state index contributed by atoms with van der Waals surface area (Å²) in [7, 11) is 2.20. The van der Waals surface area contributed by atoms with Gasteiger partial charge in [-0.3, -0.25) is 4.79 Å². The number of aryl methyl sites for hydroxylation is 1. The molecule has 0 amide bonds. The van der Waals surface area contributed by atoms with Crippen molar-refractivity contribution in [3.05, 3.63) is 70.9 Å². The third-order valence-electron chi connectivity index (χ3n) is 5.96. The Bertz CT molecular complexity index is 948. The van der Waals surface area contributed by atoms with Gasteiger partial charge in [0.05, 0.1) is 0 Å². The quantitative estimate of drug-likeness (QED) is 0.653. The van der Waals surface area contributed by atoms with E-state index < -0.39 is 0 Å². The summed E-state index contributed by atoms with van der Waals surface area (Å²) < 4.78 is 0. The highest BCUT2D eigenvalue weighted by Gasteiger charge is 2.21. The van der Waals surface area contributed by atoms with E-state index in [9.17, 15) is 4.79 Å². The van der Waals surface area contributed by atoms with Crippen LogP contribution in [0.1, 0.15) is 52.7 Å². The first-order valence-corrected chi connectivity index (χ1v) is 10.0. The highest BCUT2D eigenvalue weighted by molar-refractivity contribution is 5.98. The number of hydrogen-bond acceptors (Lipinski definition) is 2. The molecule has 140 valence electrons. The molecule has 1 N–H and O–H groups in total. The molecule has 3 heteroatoms. The molecule has 0 aliphatic carbocycles. The van der Waals surface area contributed by atoms with Crippen LogP contribution in [0, 0.1) is 0 Å². The third-order valence-corrected chi connectivity index (χ3v) is 5.96. The van der Waals surface area contributed by atoms with Crippen molar-refractivity contribution >= 4 is 16.7 Å². The number of H-pyrrole nitrogens is 1. The van der Waals surface area contributed by atoms with Crippen molar-refractivity contribution in [2.45, 2.75) is 38.5 Å². The molecule has 1 aromatic heterocycles. The van der Waals surface area contributed by atoms with Crippen LogP contribution in [-0.4, -0.2) is 35.8 Å². The second kappa shape index (κ2) is 7.69. The molecule has 1 aliphatic rings. The van der Waals surface area contributed by atoms with E-state index in [1.807, 2.05) is 18.2 Å². The maximum Gasteiger partial charge on any atom is 0.167 e. The predicted molar refractivity (Wildman–Crippen MR) is 112 cm³/mol. The molecule has 0 spiro atoms. The number of aromatic nitrogens is 1. The number of hydrogen-bond donors (Lipinski definition) is 1. The number of nitrogens with one attached hydrogen (secondary N) is 1. The summed E-state index contributed by atoms with van der Waals surface area (Å²) in [4.78, 5) is 18.6. The molecule has 0 unspecified atom stereocenters. The minimum absolute atomic E-state index is 0.195. The summed E-state index contributed by atoms with van der Waals surface area (Å²) in [5.74, 6) is 0.808. The average Bonchev–Trinajstić information content (AvgIpc) is 3.12. The van der Waals surface area contributed by atoms with Gasteiger partial charge >= 0.3 is 0 Å². The van der Waals surface area contributed by atoms with Crippen LogP contribution in [0.15, 0.2) is 48.7 Å². The van der Waals surface area contributed by atoms with Gasteiger partial charge < -0.3 is 9.88 Å². The number of Topliss-reactive ketones (excluding diaryl/α,β-unsaturated/α-hetero) is 1. The van der Waals surface area contributed by atoms with Crippen molar-refractivity contribution in [1.29, 1.82) is 0 Å². The zero-order chi connectivity index (χ0) is 18.8. The molecular formula is C24H28N2O. The first kappa shape index (κ1) is 18.0. The van der Waals surface area contributed by atoms with Gasteiger partial charge in [-0.25, -0.2) is 0 Å². The fraction of sp³-hybridized carbons (Fsp3) is 0.375. The average molecular weight is 361 g/mol. The van der Waals surface area contributed by atoms with Crippen LogP contribution in [0.4, 0.5) is 0 Å². The predicted octanol–water partition coefficient (Wildman–Crippen LogP) is 4.96. The first-order valence-electron chi connectivity index (χ1n) is 10.0. The smallest absolute Gasteiger partial charge is 0.167 e. The molecule has 1 aliphatic heterocycles. The Hall–Kier alpha value is -2.39. The van der Waals surface area contributed by atoms with Gasteiger partial charge in [-0.15, -0.1) is 0 Å². The monoisotopic (exact) mass is 360 g/mol. The zero-order valence-corrected chi connectivity index (χ0v) is 16.3. The normalized spacial score (nSPS) is 16.1. The molecular weight excluding hydrogens is 332 g/mol. The van der Waals surface area contributed by atoms with Crippen molar-refractivity contribution in [2.75, 3.05) is 20.1 Å². The van der Waals surface area contributed by atoms with Gasteiger partial charge in [0.25, 0.3) is 0 Å². The summed E-state index contributed by atoms with van der Waals surface area (Å²) in [6.45, 7) is 4.43. The fourth-order valence-corrected chi connectivity index (χ4v) is 4.21. The van der Waals surface area contributed by atoms with Crippen molar-refractivity contribution in [1.82, 2.24) is 9.88 Å². The molecule has 3 nitrogen and oxygen atoms in total. The molecule has 1 fully saturated rings. The first-order chi connectivity index (χ1) is 13.1. The fourth-order valence-electron chi connectivity index (χ4n) is 4.21. The molecule has 2 aromatic carbocycles. The molecule has 4 rings (SSSR count). The zero-order valence-electron chi connectivity index (χ0n) is 16.3. The number of ketones is 1. The Balaban J connectivity index is 1.57. The SMILES string of the molecule is CCc1cccc(C(=O)Cc2ccc3[nH]cc(C4CCN(C)CC4)c3c2)c1. The van der Waals surface area contributed by atoms with Crippen molar-refractivity contribution in [3.63, 3.8) is 0 Å². The van der Waals surface area contributed by atoms with Gasteiger partial charge in [0.2, 0.25) is 0 Å². The van der Waals surface area contributed by atoms with Crippen LogP contribution in [-0.2, 0) is 12.8 Å². The summed E-state index contributed by atoms with van der Waals surface area (Å²) >= 11 is 0. The van der Waals surface area contributed by atoms with Gasteiger partial charge in [-0.1, -0.05) is 31.2 Å². The summed E-state index contributed by atoms with van der Waals surface area (Å²) in [5, 5.41) is 1.29. The van der Waals surface area contributed by atoms with Crippen LogP contribution >= 0.6 is 0 Å². The number of nitrogens with zero attached hydrogens (tertiary/aromatic N) is 1. The largest absolute Gasteiger partial charge is 0.361 e. The van der Waals surface area contributed by atoms with E-state index in [1.165, 1.54) is 34.9 Å². The Labute approximate surface area is 161 Å². The lowest BCUT2D eigenvalue weighted by molar-refractivity contribution is 0.0993. The second-order valence-electron chi connectivity index (χ2n) is 7.86. The van der Waals surface area contributed by atoms with E-state index in [-0.39, 0.29) is 5.78 Å². The molecule has 27 heavy (non-hydrogen) atoms. The van der Waals surface area contributed by atoms with E-state index in [2.05, 4.69) is 54.3 Å². The topological polar surface area (TPSA) is 36.1 Å². The third kappa shape index (κ3) is 3.84. The maximum absolute atomic E-state index is 12.8. The van der Waals surface area contributed by atoms with Crippen LogP contribution in [0.25, 0.3) is 10.9 Å². The van der Waals surface area contributed by atoms with Gasteiger partial charge in [-0.2, -0.15) is 0 Å². The Morgan fingerprint density at radius 3 is 2.70 bits per heavy atom. The maximum atomic E-state index is 12.8. The molecule has 0 radical (unpaired) electrons. The van der Waals surface area contributed by atoms with E-state index in [4.69, 9.17) is 0 Å². The Morgan fingerprint density at radius 1 is 1.11 bits per heavy atom. The summed E-state index contributed by atoms with van der Waals surface area (Å²) in [6, 6.07) is 14.5. The van der Waals surface area contributed by atoms with Crippen LogP contribution < -0.4 is 0 Å². The molecule has 0 saturated carbocycles. The van der Waals surface area contributed by atoms with Gasteiger partial charge in [0.15, 0.2) is 5.78 Å². The van der Waals surface area contributed by atoms with E-state index in [0.29, 0.717) is 12.3 Å². The number of carbonyl (C=O) groups excluding carboxylic acids is 1. The van der Waals surface area contributed by atoms with Gasteiger partial charge in [0.1, 0.15) is 0 Å². The number of rotatable bonds is 5. The van der Waals surface area contributed by atoms with Crippen LogP contribution in [0.3, 0.4) is 0 Å². The second-order valence-corrected chi connectivity index (χ2v) is 7.86. The number of aromatic amines is 1. The standard InChI is InChI=1S/C24H28N2O/c1-3-17-5-4-6-20(13-17)24(27)15-18-7-8-23-21(14-18)22(16-25-23)19-9-11-26(2)12-10-19/h4-8,13-14,16,19,25H,3,9-12,15H2,1-2H3. The minimum Gasteiger partial charge on any atom is -0.361 e. The highest BCUT2D eigenvalue weighted by Crippen LogP contribution is 2.33. The Morgan fingerprint density at radius 2 is 1.93 bits per heavy atom. The van der Waals surface area contributed by atoms with Gasteiger partial charge in [-0.05, 0) is 80.2 Å². The number of carbonyl (C=O) groups is 1. The van der Waals surface area contributed by atoms with Crippen molar-refractivity contribution < 1.29 is 4.79 Å². The van der Waals surface area contributed by atoms with Crippen LogP contribution in [0.2, 0.25) is 0 Å².